The first-order chi connectivity index (χ1) is 16.2. The molecule has 0 N–H and O–H groups in total. The fourth-order valence-corrected chi connectivity index (χ4v) is 5.91. The molecule has 0 bridgehead atoms. The zero-order valence-corrected chi connectivity index (χ0v) is 20.2. The molecule has 6 aromatic rings. The molecule has 0 saturated carbocycles. The summed E-state index contributed by atoms with van der Waals surface area (Å²) in [6, 6.07) is 31.2. The molecule has 3 nitrogen and oxygen atoms in total. The lowest BCUT2D eigenvalue weighted by atomic mass is 10.1. The molecule has 0 atom stereocenters. The topological polar surface area (TPSA) is 38.7 Å². The standard InChI is InChI=1S/C28H18BrN3S/c1-17-14-19(16-20(29)15-17)27-30-26(18-8-3-2-4-9-18)31-28(32-27)22-11-7-13-24-25(22)21-10-5-6-12-23(21)33-24/h2-16H,1H3. The Kier molecular flexibility index (Phi) is 5.01. The zero-order chi connectivity index (χ0) is 22.4. The van der Waals surface area contributed by atoms with Crippen LogP contribution in [-0.2, 0) is 0 Å². The summed E-state index contributed by atoms with van der Waals surface area (Å²) in [5.74, 6) is 2.02. The Morgan fingerprint density at radius 3 is 2.15 bits per heavy atom. The Bertz CT molecular complexity index is 1620. The van der Waals surface area contributed by atoms with E-state index in [1.807, 2.05) is 30.3 Å². The van der Waals surface area contributed by atoms with Crippen LogP contribution in [0.5, 0.6) is 0 Å². The SMILES string of the molecule is Cc1cc(Br)cc(-c2nc(-c3ccccc3)nc(-c3cccc4sc5ccccc5c34)n2)c1. The monoisotopic (exact) mass is 507 g/mol. The van der Waals surface area contributed by atoms with Crippen molar-refractivity contribution in [1.29, 1.82) is 0 Å². The van der Waals surface area contributed by atoms with E-state index < -0.39 is 0 Å². The number of nitrogens with zero attached hydrogens (tertiary/aromatic N) is 3. The second-order valence-corrected chi connectivity index (χ2v) is 9.97. The molecule has 0 aliphatic heterocycles. The van der Waals surface area contributed by atoms with Gasteiger partial charge < -0.3 is 0 Å². The minimum atomic E-state index is 0.666. The second-order valence-electron chi connectivity index (χ2n) is 7.97. The third-order valence-corrected chi connectivity index (χ3v) is 7.21. The first-order valence-corrected chi connectivity index (χ1v) is 12.3. The van der Waals surface area contributed by atoms with Crippen LogP contribution in [0, 0.1) is 6.92 Å². The molecule has 4 aromatic carbocycles. The van der Waals surface area contributed by atoms with E-state index in [9.17, 15) is 0 Å². The van der Waals surface area contributed by atoms with Gasteiger partial charge in [-0.1, -0.05) is 76.6 Å². The van der Waals surface area contributed by atoms with E-state index in [1.54, 1.807) is 11.3 Å². The lowest BCUT2D eigenvalue weighted by Gasteiger charge is -2.10. The number of halogens is 1. The first kappa shape index (κ1) is 20.2. The maximum absolute atomic E-state index is 4.98. The fourth-order valence-electron chi connectivity index (χ4n) is 4.17. The summed E-state index contributed by atoms with van der Waals surface area (Å²) >= 11 is 5.42. The highest BCUT2D eigenvalue weighted by molar-refractivity contribution is 9.10. The number of aryl methyl sites for hydroxylation is 1. The van der Waals surface area contributed by atoms with Gasteiger partial charge in [0.1, 0.15) is 0 Å². The van der Waals surface area contributed by atoms with Crippen LogP contribution < -0.4 is 0 Å². The number of aromatic nitrogens is 3. The molecule has 0 saturated heterocycles. The highest BCUT2D eigenvalue weighted by Crippen LogP contribution is 2.39. The predicted molar refractivity (Wildman–Crippen MR) is 141 cm³/mol. The van der Waals surface area contributed by atoms with E-state index in [-0.39, 0.29) is 0 Å². The van der Waals surface area contributed by atoms with Crippen molar-refractivity contribution in [2.75, 3.05) is 0 Å². The molecular weight excluding hydrogens is 490 g/mol. The van der Waals surface area contributed by atoms with Gasteiger partial charge in [0.15, 0.2) is 17.5 Å². The van der Waals surface area contributed by atoms with Crippen molar-refractivity contribution in [2.45, 2.75) is 6.92 Å². The van der Waals surface area contributed by atoms with Crippen molar-refractivity contribution in [3.05, 3.63) is 101 Å². The van der Waals surface area contributed by atoms with Gasteiger partial charge in [0.2, 0.25) is 0 Å². The van der Waals surface area contributed by atoms with E-state index in [2.05, 4.69) is 83.5 Å². The van der Waals surface area contributed by atoms with Gasteiger partial charge in [0.05, 0.1) is 0 Å². The Morgan fingerprint density at radius 1 is 0.636 bits per heavy atom. The van der Waals surface area contributed by atoms with E-state index >= 15 is 0 Å². The summed E-state index contributed by atoms with van der Waals surface area (Å²) in [6.07, 6.45) is 0. The molecule has 0 fully saturated rings. The van der Waals surface area contributed by atoms with Gasteiger partial charge in [-0.2, -0.15) is 0 Å². The van der Waals surface area contributed by atoms with Crippen LogP contribution in [0.15, 0.2) is 95.5 Å². The third-order valence-electron chi connectivity index (χ3n) is 5.61. The van der Waals surface area contributed by atoms with Crippen LogP contribution in [0.2, 0.25) is 0 Å². The van der Waals surface area contributed by atoms with Crippen LogP contribution in [0.4, 0.5) is 0 Å². The molecule has 0 radical (unpaired) electrons. The quantitative estimate of drug-likeness (QED) is 0.241. The average Bonchev–Trinajstić information content (AvgIpc) is 3.22. The van der Waals surface area contributed by atoms with Gasteiger partial charge in [-0.05, 0) is 42.8 Å². The molecule has 0 aliphatic carbocycles. The van der Waals surface area contributed by atoms with E-state index in [0.29, 0.717) is 17.5 Å². The Labute approximate surface area is 203 Å². The summed E-state index contributed by atoms with van der Waals surface area (Å²) in [5, 5.41) is 2.43. The Balaban J connectivity index is 1.66. The first-order valence-electron chi connectivity index (χ1n) is 10.7. The number of fused-ring (bicyclic) bond motifs is 3. The van der Waals surface area contributed by atoms with Crippen molar-refractivity contribution in [3.63, 3.8) is 0 Å². The maximum atomic E-state index is 4.98. The zero-order valence-electron chi connectivity index (χ0n) is 17.8. The number of hydrogen-bond donors (Lipinski definition) is 0. The predicted octanol–water partition coefficient (Wildman–Crippen LogP) is 8.31. The van der Waals surface area contributed by atoms with Crippen LogP contribution in [-0.4, -0.2) is 15.0 Å². The largest absolute Gasteiger partial charge is 0.208 e. The fraction of sp³-hybridized carbons (Fsp3) is 0.0357. The highest BCUT2D eigenvalue weighted by Gasteiger charge is 2.16. The lowest BCUT2D eigenvalue weighted by Crippen LogP contribution is -2.00. The molecule has 2 heterocycles. The third kappa shape index (κ3) is 3.73. The summed E-state index contributed by atoms with van der Waals surface area (Å²) in [7, 11) is 0. The van der Waals surface area contributed by atoms with Crippen LogP contribution in [0.25, 0.3) is 54.3 Å². The maximum Gasteiger partial charge on any atom is 0.164 e. The van der Waals surface area contributed by atoms with E-state index in [1.165, 1.54) is 20.2 Å². The molecule has 5 heteroatoms. The van der Waals surface area contributed by atoms with Crippen molar-refractivity contribution in [1.82, 2.24) is 15.0 Å². The number of rotatable bonds is 3. The Hall–Kier alpha value is -3.41. The van der Waals surface area contributed by atoms with Crippen molar-refractivity contribution in [2.24, 2.45) is 0 Å². The van der Waals surface area contributed by atoms with Gasteiger partial charge in [0, 0.05) is 41.3 Å². The summed E-state index contributed by atoms with van der Waals surface area (Å²) in [4.78, 5) is 14.8. The van der Waals surface area contributed by atoms with Gasteiger partial charge in [-0.3, -0.25) is 0 Å². The van der Waals surface area contributed by atoms with Gasteiger partial charge in [-0.25, -0.2) is 15.0 Å². The number of thiophene rings is 1. The minimum absolute atomic E-state index is 0.666. The average molecular weight is 508 g/mol. The van der Waals surface area contributed by atoms with Crippen molar-refractivity contribution >= 4 is 47.4 Å². The van der Waals surface area contributed by atoms with Gasteiger partial charge in [-0.15, -0.1) is 11.3 Å². The lowest BCUT2D eigenvalue weighted by molar-refractivity contribution is 1.07. The molecule has 0 spiro atoms. The molecule has 0 aliphatic rings. The molecular formula is C28H18BrN3S. The van der Waals surface area contributed by atoms with Crippen LogP contribution in [0.3, 0.4) is 0 Å². The molecule has 0 amide bonds. The van der Waals surface area contributed by atoms with Crippen LogP contribution in [0.1, 0.15) is 5.56 Å². The smallest absolute Gasteiger partial charge is 0.164 e. The van der Waals surface area contributed by atoms with E-state index in [4.69, 9.17) is 15.0 Å². The normalized spacial score (nSPS) is 11.3. The molecule has 158 valence electrons. The summed E-state index contributed by atoms with van der Waals surface area (Å²) in [5.41, 5.74) is 4.10. The van der Waals surface area contributed by atoms with Gasteiger partial charge >= 0.3 is 0 Å². The number of hydrogen-bond acceptors (Lipinski definition) is 4. The minimum Gasteiger partial charge on any atom is -0.208 e. The highest BCUT2D eigenvalue weighted by atomic mass is 79.9. The van der Waals surface area contributed by atoms with Crippen LogP contribution >= 0.6 is 27.3 Å². The van der Waals surface area contributed by atoms with Crippen molar-refractivity contribution in [3.8, 4) is 34.2 Å². The molecule has 2 aromatic heterocycles. The molecule has 6 rings (SSSR count). The second kappa shape index (κ2) is 8.18. The Morgan fingerprint density at radius 2 is 1.33 bits per heavy atom. The number of benzene rings is 4. The summed E-state index contributed by atoms with van der Waals surface area (Å²) < 4.78 is 3.50. The molecule has 33 heavy (non-hydrogen) atoms. The summed E-state index contributed by atoms with van der Waals surface area (Å²) in [6.45, 7) is 2.08. The van der Waals surface area contributed by atoms with Gasteiger partial charge in [0.25, 0.3) is 0 Å². The van der Waals surface area contributed by atoms with Crippen molar-refractivity contribution < 1.29 is 0 Å². The molecule has 0 unspecified atom stereocenters. The van der Waals surface area contributed by atoms with E-state index in [0.717, 1.165) is 26.7 Å².